The van der Waals surface area contributed by atoms with Gasteiger partial charge in [0.1, 0.15) is 11.6 Å². The number of morpholine rings is 1. The molecular formula is C40H59N5O6. The number of nitrogens with one attached hydrogen (secondary N) is 4. The summed E-state index contributed by atoms with van der Waals surface area (Å²) in [6, 6.07) is 17.2. The van der Waals surface area contributed by atoms with Crippen molar-refractivity contribution in [2.75, 3.05) is 46.0 Å². The molecule has 11 nitrogen and oxygen atoms in total. The Bertz CT molecular complexity index is 1390. The topological polar surface area (TPSA) is 141 Å². The lowest BCUT2D eigenvalue weighted by atomic mass is 9.93. The molecule has 4 unspecified atom stereocenters. The molecule has 11 heteroatoms. The predicted molar refractivity (Wildman–Crippen MR) is 198 cm³/mol. The van der Waals surface area contributed by atoms with Gasteiger partial charge in [0, 0.05) is 32.1 Å². The Morgan fingerprint density at radius 2 is 1.31 bits per heavy atom. The highest BCUT2D eigenvalue weighted by molar-refractivity contribution is 5.98. The zero-order chi connectivity index (χ0) is 36.8. The summed E-state index contributed by atoms with van der Waals surface area (Å²) in [6.45, 7) is 13.5. The van der Waals surface area contributed by atoms with Crippen molar-refractivity contribution in [2.45, 2.75) is 96.5 Å². The van der Waals surface area contributed by atoms with Crippen LogP contribution in [0.15, 0.2) is 60.7 Å². The molecule has 2 saturated heterocycles. The molecule has 280 valence electrons. The van der Waals surface area contributed by atoms with Crippen molar-refractivity contribution in [3.8, 4) is 0 Å². The maximum atomic E-state index is 14.1. The molecule has 2 aliphatic rings. The number of ketones is 1. The fraction of sp³-hybridized carbons (Fsp3) is 0.600. The van der Waals surface area contributed by atoms with Crippen molar-refractivity contribution < 1.29 is 28.7 Å². The van der Waals surface area contributed by atoms with Gasteiger partial charge in [-0.2, -0.15) is 0 Å². The number of amides is 3. The zero-order valence-corrected chi connectivity index (χ0v) is 31.1. The van der Waals surface area contributed by atoms with Crippen LogP contribution in [0.4, 0.5) is 0 Å². The van der Waals surface area contributed by atoms with E-state index in [0.29, 0.717) is 65.3 Å². The smallest absolute Gasteiger partial charge is 0.243 e. The highest BCUT2D eigenvalue weighted by Gasteiger charge is 2.50. The van der Waals surface area contributed by atoms with Gasteiger partial charge >= 0.3 is 0 Å². The number of rotatable bonds is 21. The molecule has 0 aliphatic carbocycles. The van der Waals surface area contributed by atoms with Crippen molar-refractivity contribution in [3.05, 3.63) is 71.8 Å². The molecule has 3 amide bonds. The Labute approximate surface area is 304 Å². The number of hydrogen-bond donors (Lipinski definition) is 4. The summed E-state index contributed by atoms with van der Waals surface area (Å²) in [5, 5.41) is 12.7. The first-order valence-corrected chi connectivity index (χ1v) is 18.6. The molecule has 2 heterocycles. The van der Waals surface area contributed by atoms with Gasteiger partial charge in [-0.25, -0.2) is 0 Å². The van der Waals surface area contributed by atoms with E-state index in [0.717, 1.165) is 12.0 Å². The molecule has 0 radical (unpaired) electrons. The largest absolute Gasteiger partial charge is 0.379 e. The minimum absolute atomic E-state index is 0.0582. The Morgan fingerprint density at radius 3 is 1.90 bits per heavy atom. The number of epoxide rings is 1. The lowest BCUT2D eigenvalue weighted by molar-refractivity contribution is -0.133. The van der Waals surface area contributed by atoms with Gasteiger partial charge in [0.25, 0.3) is 0 Å². The Hall–Kier alpha value is -3.64. The third-order valence-corrected chi connectivity index (χ3v) is 9.45. The zero-order valence-electron chi connectivity index (χ0n) is 31.1. The number of aryl methyl sites for hydroxylation is 1. The van der Waals surface area contributed by atoms with Crippen molar-refractivity contribution in [3.63, 3.8) is 0 Å². The molecule has 4 N–H and O–H groups in total. The Kier molecular flexibility index (Phi) is 15.6. The van der Waals surface area contributed by atoms with Crippen LogP contribution in [0.2, 0.25) is 0 Å². The molecule has 4 rings (SSSR count). The minimum atomic E-state index is -0.908. The van der Waals surface area contributed by atoms with E-state index >= 15 is 0 Å². The molecule has 0 aromatic heterocycles. The highest BCUT2D eigenvalue weighted by atomic mass is 16.6. The minimum Gasteiger partial charge on any atom is -0.379 e. The normalized spacial score (nSPS) is 19.9. The molecule has 2 aromatic carbocycles. The second-order valence-electron chi connectivity index (χ2n) is 15.1. The van der Waals surface area contributed by atoms with E-state index in [2.05, 4.69) is 52.1 Å². The van der Waals surface area contributed by atoms with E-state index in [1.165, 1.54) is 5.56 Å². The van der Waals surface area contributed by atoms with Gasteiger partial charge in [-0.3, -0.25) is 24.1 Å². The first kappa shape index (κ1) is 40.1. The number of ether oxygens (including phenoxy) is 2. The van der Waals surface area contributed by atoms with Crippen molar-refractivity contribution >= 4 is 23.5 Å². The summed E-state index contributed by atoms with van der Waals surface area (Å²) in [7, 11) is 0. The van der Waals surface area contributed by atoms with Crippen molar-refractivity contribution in [2.24, 2.45) is 11.8 Å². The number of hydrogen-bond acceptors (Lipinski definition) is 8. The van der Waals surface area contributed by atoms with Crippen LogP contribution in [0, 0.1) is 11.8 Å². The first-order valence-electron chi connectivity index (χ1n) is 18.6. The lowest BCUT2D eigenvalue weighted by Crippen LogP contribution is -2.58. The summed E-state index contributed by atoms with van der Waals surface area (Å²) in [6.07, 6.45) is 2.72. The third-order valence-electron chi connectivity index (χ3n) is 9.45. The Balaban J connectivity index is 1.47. The number of carbonyl (C=O) groups excluding carboxylic acids is 4. The fourth-order valence-electron chi connectivity index (χ4n) is 6.41. The van der Waals surface area contributed by atoms with Crippen LogP contribution in [0.3, 0.4) is 0 Å². The van der Waals surface area contributed by atoms with E-state index in [9.17, 15) is 19.2 Å². The van der Waals surface area contributed by atoms with E-state index in [1.54, 1.807) is 6.92 Å². The van der Waals surface area contributed by atoms with Crippen LogP contribution in [0.25, 0.3) is 0 Å². The van der Waals surface area contributed by atoms with Crippen LogP contribution >= 0.6 is 0 Å². The SMILES string of the molecule is CC(C)CC(NCC(CCc1ccccc1)NC(=O)CN1CCOCC1)C(=O)NC(Cc1ccccc1)C(=O)NC(CC(C)C)C(=O)[C@@]1(C)CO1. The molecule has 2 fully saturated rings. The quantitative estimate of drug-likeness (QED) is 0.145. The van der Waals surface area contributed by atoms with Crippen LogP contribution in [-0.4, -0.2) is 104 Å². The molecule has 0 saturated carbocycles. The van der Waals surface area contributed by atoms with E-state index < -0.39 is 29.6 Å². The number of nitrogens with zero attached hydrogens (tertiary/aromatic N) is 1. The van der Waals surface area contributed by atoms with Crippen LogP contribution in [0.5, 0.6) is 0 Å². The van der Waals surface area contributed by atoms with Crippen molar-refractivity contribution in [1.29, 1.82) is 0 Å². The van der Waals surface area contributed by atoms with Gasteiger partial charge in [0.15, 0.2) is 5.78 Å². The van der Waals surface area contributed by atoms with Crippen LogP contribution in [-0.2, 0) is 41.5 Å². The van der Waals surface area contributed by atoms with Crippen molar-refractivity contribution in [1.82, 2.24) is 26.2 Å². The summed E-state index contributed by atoms with van der Waals surface area (Å²) in [5.41, 5.74) is 1.18. The van der Waals surface area contributed by atoms with E-state index in [4.69, 9.17) is 9.47 Å². The molecular weight excluding hydrogens is 646 g/mol. The lowest BCUT2D eigenvalue weighted by Gasteiger charge is -2.29. The second kappa shape index (κ2) is 19.8. The Morgan fingerprint density at radius 1 is 0.765 bits per heavy atom. The maximum Gasteiger partial charge on any atom is 0.243 e. The van der Waals surface area contributed by atoms with Crippen LogP contribution < -0.4 is 21.3 Å². The average molecular weight is 706 g/mol. The monoisotopic (exact) mass is 705 g/mol. The fourth-order valence-corrected chi connectivity index (χ4v) is 6.41. The highest BCUT2D eigenvalue weighted by Crippen LogP contribution is 2.29. The molecule has 2 aliphatic heterocycles. The third kappa shape index (κ3) is 13.8. The second-order valence-corrected chi connectivity index (χ2v) is 15.1. The molecule has 2 aromatic rings. The number of benzene rings is 2. The summed E-state index contributed by atoms with van der Waals surface area (Å²) < 4.78 is 10.9. The van der Waals surface area contributed by atoms with Gasteiger partial charge in [-0.05, 0) is 55.6 Å². The predicted octanol–water partition coefficient (Wildman–Crippen LogP) is 3.06. The molecule has 5 atom stereocenters. The average Bonchev–Trinajstić information content (AvgIpc) is 3.86. The van der Waals surface area contributed by atoms with Gasteiger partial charge < -0.3 is 30.7 Å². The number of Topliss-reactive ketones (excluding diaryl/α,β-unsaturated/α-hetero) is 1. The number of carbonyl (C=O) groups is 4. The first-order chi connectivity index (χ1) is 24.4. The molecule has 51 heavy (non-hydrogen) atoms. The summed E-state index contributed by atoms with van der Waals surface area (Å²) >= 11 is 0. The van der Waals surface area contributed by atoms with E-state index in [-0.39, 0.29) is 41.9 Å². The van der Waals surface area contributed by atoms with E-state index in [1.807, 2.05) is 62.4 Å². The summed E-state index contributed by atoms with van der Waals surface area (Å²) in [5.74, 6) is -0.573. The van der Waals surface area contributed by atoms with Gasteiger partial charge in [-0.15, -0.1) is 0 Å². The maximum absolute atomic E-state index is 14.1. The molecule has 0 bridgehead atoms. The van der Waals surface area contributed by atoms with Gasteiger partial charge in [-0.1, -0.05) is 88.4 Å². The summed E-state index contributed by atoms with van der Waals surface area (Å²) in [4.78, 5) is 56.6. The van der Waals surface area contributed by atoms with Crippen LogP contribution in [0.1, 0.15) is 65.0 Å². The standard InChI is InChI=1S/C40H59N5O6/c1-28(2)22-33(37(47)40(5)27-51-40)43-39(49)35(24-31-14-10-7-11-15-31)44-38(48)34(23-29(3)4)41-25-32(17-16-30-12-8-6-9-13-30)42-36(46)26-45-18-20-50-21-19-45/h6-15,28-29,32-35,41H,16-27H2,1-5H3,(H,42,46)(H,43,49)(H,44,48)/t32?,33?,34?,35?,40-/m1/s1. The van der Waals surface area contributed by atoms with Gasteiger partial charge in [0.2, 0.25) is 17.7 Å². The van der Waals surface area contributed by atoms with Gasteiger partial charge in [0.05, 0.1) is 38.4 Å². The molecule has 0 spiro atoms.